The predicted octanol–water partition coefficient (Wildman–Crippen LogP) is 2.05. The van der Waals surface area contributed by atoms with Crippen LogP contribution in [-0.2, 0) is 4.79 Å². The number of thiocarbonyl (C=S) groups is 1. The summed E-state index contributed by atoms with van der Waals surface area (Å²) in [5.74, 6) is -0.0475. The lowest BCUT2D eigenvalue weighted by Gasteiger charge is -2.10. The Morgan fingerprint density at radius 2 is 2.10 bits per heavy atom. The third kappa shape index (κ3) is 4.82. The second kappa shape index (κ2) is 7.17. The molecule has 6 heteroatoms. The summed E-state index contributed by atoms with van der Waals surface area (Å²) in [5.41, 5.74) is 1.24. The van der Waals surface area contributed by atoms with Crippen LogP contribution in [0.1, 0.15) is 36.5 Å². The fourth-order valence-electron chi connectivity index (χ4n) is 1.80. The lowest BCUT2D eigenvalue weighted by atomic mass is 10.2. The molecule has 0 radical (unpaired) electrons. The van der Waals surface area contributed by atoms with Gasteiger partial charge >= 0.3 is 0 Å². The molecule has 2 amide bonds. The van der Waals surface area contributed by atoms with Crippen LogP contribution in [0.25, 0.3) is 0 Å². The number of amides is 2. The second-order valence-corrected chi connectivity index (χ2v) is 5.46. The highest BCUT2D eigenvalue weighted by Gasteiger charge is 2.29. The highest BCUT2D eigenvalue weighted by Crippen LogP contribution is 2.28. The van der Waals surface area contributed by atoms with Crippen molar-refractivity contribution in [3.63, 3.8) is 0 Å². The average Bonchev–Trinajstić information content (AvgIpc) is 3.29. The maximum atomic E-state index is 11.9. The molecular formula is C15H19N3O2S. The van der Waals surface area contributed by atoms with Crippen LogP contribution in [0.4, 0.5) is 5.69 Å². The van der Waals surface area contributed by atoms with Crippen molar-refractivity contribution in [2.24, 2.45) is 5.92 Å². The predicted molar refractivity (Wildman–Crippen MR) is 86.2 cm³/mol. The number of carbonyl (C=O) groups excluding carboxylic acids is 2. The first kappa shape index (κ1) is 15.4. The van der Waals surface area contributed by atoms with E-state index in [0.29, 0.717) is 17.8 Å². The summed E-state index contributed by atoms with van der Waals surface area (Å²) in [4.78, 5) is 23.5. The van der Waals surface area contributed by atoms with Gasteiger partial charge in [-0.15, -0.1) is 0 Å². The number of rotatable bonds is 5. The molecule has 5 nitrogen and oxygen atoms in total. The van der Waals surface area contributed by atoms with Gasteiger partial charge in [-0.25, -0.2) is 0 Å². The number of nitrogens with one attached hydrogen (secondary N) is 3. The standard InChI is InChI=1S/C15H19N3O2S/c1-2-8-16-13(19)11-4-3-5-12(9-11)17-15(21)18-14(20)10-6-7-10/h3-5,9-10H,2,6-8H2,1H3,(H,16,19)(H2,17,18,20,21). The van der Waals surface area contributed by atoms with Crippen molar-refractivity contribution in [3.8, 4) is 0 Å². The zero-order valence-corrected chi connectivity index (χ0v) is 12.8. The maximum Gasteiger partial charge on any atom is 0.251 e. The van der Waals surface area contributed by atoms with E-state index in [4.69, 9.17) is 12.2 Å². The van der Waals surface area contributed by atoms with Crippen LogP contribution in [0.15, 0.2) is 24.3 Å². The first-order valence-corrected chi connectivity index (χ1v) is 7.51. The van der Waals surface area contributed by atoms with Gasteiger partial charge in [0.05, 0.1) is 0 Å². The molecule has 0 heterocycles. The zero-order chi connectivity index (χ0) is 15.2. The molecule has 1 saturated carbocycles. The Morgan fingerprint density at radius 1 is 1.33 bits per heavy atom. The Labute approximate surface area is 129 Å². The Bertz CT molecular complexity index is 556. The fraction of sp³-hybridized carbons (Fsp3) is 0.400. The van der Waals surface area contributed by atoms with Crippen molar-refractivity contribution in [1.82, 2.24) is 10.6 Å². The first-order valence-electron chi connectivity index (χ1n) is 7.10. The molecule has 112 valence electrons. The maximum absolute atomic E-state index is 11.9. The van der Waals surface area contributed by atoms with E-state index < -0.39 is 0 Å². The number of carbonyl (C=O) groups is 2. The van der Waals surface area contributed by atoms with Crippen LogP contribution < -0.4 is 16.0 Å². The molecule has 1 aliphatic rings. The smallest absolute Gasteiger partial charge is 0.251 e. The third-order valence-electron chi connectivity index (χ3n) is 3.10. The van der Waals surface area contributed by atoms with E-state index in [0.717, 1.165) is 19.3 Å². The third-order valence-corrected chi connectivity index (χ3v) is 3.31. The van der Waals surface area contributed by atoms with Crippen LogP contribution >= 0.6 is 12.2 Å². The summed E-state index contributed by atoms with van der Waals surface area (Å²) in [6.07, 6.45) is 2.75. The van der Waals surface area contributed by atoms with Crippen molar-refractivity contribution < 1.29 is 9.59 Å². The highest BCUT2D eigenvalue weighted by atomic mass is 32.1. The van der Waals surface area contributed by atoms with Crippen molar-refractivity contribution >= 4 is 34.8 Å². The van der Waals surface area contributed by atoms with Gasteiger partial charge in [-0.2, -0.15) is 0 Å². The Morgan fingerprint density at radius 3 is 2.76 bits per heavy atom. The molecule has 3 N–H and O–H groups in total. The monoisotopic (exact) mass is 305 g/mol. The van der Waals surface area contributed by atoms with Gasteiger partial charge in [-0.1, -0.05) is 13.0 Å². The normalized spacial score (nSPS) is 13.4. The molecule has 0 aliphatic heterocycles. The molecule has 0 bridgehead atoms. The van der Waals surface area contributed by atoms with Gasteiger partial charge in [0, 0.05) is 23.7 Å². The van der Waals surface area contributed by atoms with Crippen molar-refractivity contribution in [2.45, 2.75) is 26.2 Å². The van der Waals surface area contributed by atoms with Gasteiger partial charge < -0.3 is 16.0 Å². The Balaban J connectivity index is 1.92. The van der Waals surface area contributed by atoms with E-state index in [2.05, 4.69) is 16.0 Å². The van der Waals surface area contributed by atoms with E-state index in [1.54, 1.807) is 24.3 Å². The minimum Gasteiger partial charge on any atom is -0.352 e. The fourth-order valence-corrected chi connectivity index (χ4v) is 2.02. The number of hydrogen-bond donors (Lipinski definition) is 3. The molecular weight excluding hydrogens is 286 g/mol. The van der Waals surface area contributed by atoms with Crippen LogP contribution in [-0.4, -0.2) is 23.5 Å². The van der Waals surface area contributed by atoms with E-state index >= 15 is 0 Å². The first-order chi connectivity index (χ1) is 10.1. The largest absolute Gasteiger partial charge is 0.352 e. The van der Waals surface area contributed by atoms with Crippen molar-refractivity contribution in [2.75, 3.05) is 11.9 Å². The van der Waals surface area contributed by atoms with E-state index in [9.17, 15) is 9.59 Å². The van der Waals surface area contributed by atoms with Gasteiger partial charge in [0.25, 0.3) is 5.91 Å². The molecule has 1 aromatic carbocycles. The molecule has 1 fully saturated rings. The van der Waals surface area contributed by atoms with E-state index in [1.807, 2.05) is 6.92 Å². The van der Waals surface area contributed by atoms with Crippen LogP contribution in [0.2, 0.25) is 0 Å². The zero-order valence-electron chi connectivity index (χ0n) is 11.9. The van der Waals surface area contributed by atoms with Crippen molar-refractivity contribution in [1.29, 1.82) is 0 Å². The van der Waals surface area contributed by atoms with Crippen molar-refractivity contribution in [3.05, 3.63) is 29.8 Å². The van der Waals surface area contributed by atoms with E-state index in [1.165, 1.54) is 0 Å². The van der Waals surface area contributed by atoms with Gasteiger partial charge in [-0.3, -0.25) is 9.59 Å². The molecule has 21 heavy (non-hydrogen) atoms. The number of anilines is 1. The van der Waals surface area contributed by atoms with Crippen LogP contribution in [0.5, 0.6) is 0 Å². The molecule has 1 aromatic rings. The lowest BCUT2D eigenvalue weighted by Crippen LogP contribution is -2.35. The number of benzene rings is 1. The summed E-state index contributed by atoms with van der Waals surface area (Å²) < 4.78 is 0. The van der Waals surface area contributed by atoms with Crippen LogP contribution in [0.3, 0.4) is 0 Å². The summed E-state index contributed by atoms with van der Waals surface area (Å²) in [7, 11) is 0. The second-order valence-electron chi connectivity index (χ2n) is 5.05. The summed E-state index contributed by atoms with van der Waals surface area (Å²) in [6.45, 7) is 2.64. The summed E-state index contributed by atoms with van der Waals surface area (Å²) in [6, 6.07) is 7.02. The SMILES string of the molecule is CCCNC(=O)c1cccc(NC(=S)NC(=O)C2CC2)c1. The minimum atomic E-state index is -0.117. The van der Waals surface area contributed by atoms with E-state index in [-0.39, 0.29) is 22.8 Å². The summed E-state index contributed by atoms with van der Waals surface area (Å²) in [5, 5.41) is 8.66. The number of hydrogen-bond acceptors (Lipinski definition) is 3. The minimum absolute atomic E-state index is 0.0376. The lowest BCUT2D eigenvalue weighted by molar-refractivity contribution is -0.120. The highest BCUT2D eigenvalue weighted by molar-refractivity contribution is 7.80. The van der Waals surface area contributed by atoms with Crippen LogP contribution in [0, 0.1) is 5.92 Å². The Hall–Kier alpha value is -1.95. The van der Waals surface area contributed by atoms with Gasteiger partial charge in [-0.05, 0) is 49.7 Å². The molecule has 0 aromatic heterocycles. The van der Waals surface area contributed by atoms with Gasteiger partial charge in [0.2, 0.25) is 5.91 Å². The van der Waals surface area contributed by atoms with Gasteiger partial charge in [0.15, 0.2) is 5.11 Å². The molecule has 0 spiro atoms. The quantitative estimate of drug-likeness (QED) is 0.728. The topological polar surface area (TPSA) is 70.2 Å². The molecule has 0 saturated heterocycles. The van der Waals surface area contributed by atoms with Gasteiger partial charge in [0.1, 0.15) is 0 Å². The molecule has 0 atom stereocenters. The Kier molecular flexibility index (Phi) is 5.27. The summed E-state index contributed by atoms with van der Waals surface area (Å²) >= 11 is 5.09. The molecule has 1 aliphatic carbocycles. The molecule has 2 rings (SSSR count). The molecule has 0 unspecified atom stereocenters. The average molecular weight is 305 g/mol.